The van der Waals surface area contributed by atoms with Gasteiger partial charge in [-0.25, -0.2) is 0 Å². The van der Waals surface area contributed by atoms with Crippen LogP contribution in [0.5, 0.6) is 0 Å². The standard InChI is InChI=1S/C17H35N/c1-4-7-9-11-12-14-16-17(18-6-3)15-13-10-8-5-2/h16,18H,4-15H2,1-3H3/b17-16-. The zero-order valence-electron chi connectivity index (χ0n) is 13.1. The SMILES string of the molecule is CCCCCCC/C=C(/CCCCCC)NCC. The van der Waals surface area contributed by atoms with Gasteiger partial charge in [-0.3, -0.25) is 0 Å². The van der Waals surface area contributed by atoms with Gasteiger partial charge in [-0.2, -0.15) is 0 Å². The fourth-order valence-electron chi connectivity index (χ4n) is 2.26. The van der Waals surface area contributed by atoms with E-state index < -0.39 is 0 Å². The molecule has 1 heteroatoms. The van der Waals surface area contributed by atoms with Gasteiger partial charge < -0.3 is 5.32 Å². The van der Waals surface area contributed by atoms with Crippen molar-refractivity contribution in [3.8, 4) is 0 Å². The molecule has 18 heavy (non-hydrogen) atoms. The predicted molar refractivity (Wildman–Crippen MR) is 83.9 cm³/mol. The van der Waals surface area contributed by atoms with Crippen molar-refractivity contribution in [2.24, 2.45) is 0 Å². The van der Waals surface area contributed by atoms with Crippen molar-refractivity contribution in [3.63, 3.8) is 0 Å². The van der Waals surface area contributed by atoms with E-state index in [9.17, 15) is 0 Å². The van der Waals surface area contributed by atoms with Gasteiger partial charge in [0.25, 0.3) is 0 Å². The summed E-state index contributed by atoms with van der Waals surface area (Å²) in [7, 11) is 0. The molecule has 1 N–H and O–H groups in total. The quantitative estimate of drug-likeness (QED) is 0.408. The van der Waals surface area contributed by atoms with Crippen LogP contribution < -0.4 is 5.32 Å². The molecule has 0 saturated carbocycles. The molecule has 0 aromatic carbocycles. The minimum Gasteiger partial charge on any atom is -0.389 e. The maximum absolute atomic E-state index is 3.52. The van der Waals surface area contributed by atoms with Crippen molar-refractivity contribution >= 4 is 0 Å². The van der Waals surface area contributed by atoms with Crippen molar-refractivity contribution < 1.29 is 0 Å². The van der Waals surface area contributed by atoms with Gasteiger partial charge in [0.15, 0.2) is 0 Å². The van der Waals surface area contributed by atoms with Gasteiger partial charge >= 0.3 is 0 Å². The average molecular weight is 253 g/mol. The Morgan fingerprint density at radius 3 is 2.00 bits per heavy atom. The largest absolute Gasteiger partial charge is 0.389 e. The summed E-state index contributed by atoms with van der Waals surface area (Å²) in [6, 6.07) is 0. The molecule has 0 aromatic heterocycles. The first-order valence-corrected chi connectivity index (χ1v) is 8.28. The van der Waals surface area contributed by atoms with E-state index in [0.717, 1.165) is 6.54 Å². The maximum Gasteiger partial charge on any atom is 0.0115 e. The van der Waals surface area contributed by atoms with Crippen LogP contribution in [0.4, 0.5) is 0 Å². The summed E-state index contributed by atoms with van der Waals surface area (Å²) in [5.74, 6) is 0. The second-order valence-electron chi connectivity index (χ2n) is 5.27. The van der Waals surface area contributed by atoms with Crippen LogP contribution in [0.25, 0.3) is 0 Å². The lowest BCUT2D eigenvalue weighted by atomic mass is 10.1. The van der Waals surface area contributed by atoms with Crippen molar-refractivity contribution in [1.29, 1.82) is 0 Å². The topological polar surface area (TPSA) is 12.0 Å². The van der Waals surface area contributed by atoms with Crippen molar-refractivity contribution in [3.05, 3.63) is 11.8 Å². The molecule has 0 amide bonds. The van der Waals surface area contributed by atoms with Gasteiger partial charge in [-0.05, 0) is 32.6 Å². The molecular formula is C17H35N. The van der Waals surface area contributed by atoms with Crippen LogP contribution in [0, 0.1) is 0 Å². The zero-order chi connectivity index (χ0) is 13.5. The van der Waals surface area contributed by atoms with Gasteiger partial charge in [0.1, 0.15) is 0 Å². The summed E-state index contributed by atoms with van der Waals surface area (Å²) < 4.78 is 0. The molecule has 0 aliphatic carbocycles. The predicted octanol–water partition coefficient (Wildman–Crippen LogP) is 5.81. The highest BCUT2D eigenvalue weighted by atomic mass is 14.9. The van der Waals surface area contributed by atoms with Crippen LogP contribution in [0.3, 0.4) is 0 Å². The summed E-state index contributed by atoms with van der Waals surface area (Å²) >= 11 is 0. The lowest BCUT2D eigenvalue weighted by molar-refractivity contribution is 0.623. The average Bonchev–Trinajstić information content (AvgIpc) is 2.38. The lowest BCUT2D eigenvalue weighted by Crippen LogP contribution is -2.12. The molecule has 0 aliphatic rings. The molecule has 0 fully saturated rings. The summed E-state index contributed by atoms with van der Waals surface area (Å²) in [4.78, 5) is 0. The van der Waals surface area contributed by atoms with E-state index in [1.54, 1.807) is 0 Å². The fraction of sp³-hybridized carbons (Fsp3) is 0.882. The zero-order valence-corrected chi connectivity index (χ0v) is 13.1. The highest BCUT2D eigenvalue weighted by Gasteiger charge is 1.96. The monoisotopic (exact) mass is 253 g/mol. The van der Waals surface area contributed by atoms with Crippen LogP contribution in [0.2, 0.25) is 0 Å². The van der Waals surface area contributed by atoms with E-state index in [4.69, 9.17) is 0 Å². The Morgan fingerprint density at radius 1 is 0.778 bits per heavy atom. The smallest absolute Gasteiger partial charge is 0.0115 e. The molecular weight excluding hydrogens is 218 g/mol. The number of nitrogens with one attached hydrogen (secondary N) is 1. The minimum atomic E-state index is 1.06. The van der Waals surface area contributed by atoms with Crippen molar-refractivity contribution in [1.82, 2.24) is 5.32 Å². The van der Waals surface area contributed by atoms with E-state index >= 15 is 0 Å². The molecule has 0 bridgehead atoms. The van der Waals surface area contributed by atoms with Crippen LogP contribution in [0.1, 0.15) is 91.4 Å². The molecule has 0 aromatic rings. The fourth-order valence-corrected chi connectivity index (χ4v) is 2.26. The van der Waals surface area contributed by atoms with Crippen LogP contribution in [0.15, 0.2) is 11.8 Å². The highest BCUT2D eigenvalue weighted by Crippen LogP contribution is 2.11. The molecule has 0 atom stereocenters. The highest BCUT2D eigenvalue weighted by molar-refractivity contribution is 4.99. The van der Waals surface area contributed by atoms with Crippen LogP contribution in [-0.4, -0.2) is 6.54 Å². The Kier molecular flexibility index (Phi) is 14.2. The van der Waals surface area contributed by atoms with E-state index in [0.29, 0.717) is 0 Å². The van der Waals surface area contributed by atoms with Gasteiger partial charge in [0.2, 0.25) is 0 Å². The number of rotatable bonds is 13. The second kappa shape index (κ2) is 14.6. The van der Waals surface area contributed by atoms with Crippen LogP contribution in [-0.2, 0) is 0 Å². The Labute approximate surface area is 115 Å². The third-order valence-electron chi connectivity index (χ3n) is 3.40. The van der Waals surface area contributed by atoms with Crippen molar-refractivity contribution in [2.75, 3.05) is 6.54 Å². The number of allylic oxidation sites excluding steroid dienone is 2. The van der Waals surface area contributed by atoms with Crippen LogP contribution >= 0.6 is 0 Å². The molecule has 0 spiro atoms. The minimum absolute atomic E-state index is 1.06. The van der Waals surface area contributed by atoms with Gasteiger partial charge in [0.05, 0.1) is 0 Å². The second-order valence-corrected chi connectivity index (χ2v) is 5.27. The first kappa shape index (κ1) is 17.5. The lowest BCUT2D eigenvalue weighted by Gasteiger charge is -2.09. The molecule has 1 nitrogen and oxygen atoms in total. The number of unbranched alkanes of at least 4 members (excludes halogenated alkanes) is 8. The molecule has 108 valence electrons. The first-order valence-electron chi connectivity index (χ1n) is 8.28. The molecule has 0 unspecified atom stereocenters. The number of hydrogen-bond donors (Lipinski definition) is 1. The van der Waals surface area contributed by atoms with Gasteiger partial charge in [-0.1, -0.05) is 64.9 Å². The Balaban J connectivity index is 3.64. The summed E-state index contributed by atoms with van der Waals surface area (Å²) in [5, 5.41) is 3.52. The maximum atomic E-state index is 3.52. The molecule has 0 radical (unpaired) electrons. The van der Waals surface area contributed by atoms with E-state index in [-0.39, 0.29) is 0 Å². The van der Waals surface area contributed by atoms with Gasteiger partial charge in [-0.15, -0.1) is 0 Å². The molecule has 0 saturated heterocycles. The normalized spacial score (nSPS) is 11.8. The Morgan fingerprint density at radius 2 is 1.39 bits per heavy atom. The molecule has 0 aliphatic heterocycles. The van der Waals surface area contributed by atoms with Gasteiger partial charge in [0, 0.05) is 12.2 Å². The van der Waals surface area contributed by atoms with E-state index in [1.165, 1.54) is 76.3 Å². The van der Waals surface area contributed by atoms with E-state index in [2.05, 4.69) is 32.2 Å². The Hall–Kier alpha value is -0.460. The molecule has 0 heterocycles. The number of hydrogen-bond acceptors (Lipinski definition) is 1. The third-order valence-corrected chi connectivity index (χ3v) is 3.40. The third kappa shape index (κ3) is 12.0. The Bertz CT molecular complexity index is 184. The van der Waals surface area contributed by atoms with E-state index in [1.807, 2.05) is 0 Å². The summed E-state index contributed by atoms with van der Waals surface area (Å²) in [5.41, 5.74) is 1.49. The summed E-state index contributed by atoms with van der Waals surface area (Å²) in [6.07, 6.45) is 17.3. The first-order chi connectivity index (χ1) is 8.85. The summed E-state index contributed by atoms with van der Waals surface area (Å²) in [6.45, 7) is 7.81. The molecule has 0 rings (SSSR count). The van der Waals surface area contributed by atoms with Crippen molar-refractivity contribution in [2.45, 2.75) is 91.4 Å².